The first-order chi connectivity index (χ1) is 8.61. The van der Waals surface area contributed by atoms with Crippen LogP contribution in [-0.4, -0.2) is 37.0 Å². The van der Waals surface area contributed by atoms with Crippen LogP contribution in [0.25, 0.3) is 0 Å². The number of amides is 1. The molecule has 1 aromatic rings. The van der Waals surface area contributed by atoms with Gasteiger partial charge in [-0.25, -0.2) is 4.39 Å². The van der Waals surface area contributed by atoms with Crippen LogP contribution in [0.2, 0.25) is 0 Å². The second kappa shape index (κ2) is 5.97. The number of halogens is 2. The van der Waals surface area contributed by atoms with Crippen LogP contribution in [0.4, 0.5) is 4.39 Å². The zero-order valence-electron chi connectivity index (χ0n) is 10.2. The van der Waals surface area contributed by atoms with Gasteiger partial charge < -0.3 is 10.2 Å². The molecule has 0 radical (unpaired) electrons. The van der Waals surface area contributed by atoms with E-state index in [-0.39, 0.29) is 11.7 Å². The van der Waals surface area contributed by atoms with Gasteiger partial charge >= 0.3 is 0 Å². The minimum absolute atomic E-state index is 0.0696. The second-order valence-corrected chi connectivity index (χ2v) is 5.65. The van der Waals surface area contributed by atoms with E-state index in [2.05, 4.69) is 5.32 Å². The van der Waals surface area contributed by atoms with Crippen LogP contribution in [0.3, 0.4) is 0 Å². The van der Waals surface area contributed by atoms with Gasteiger partial charge in [0, 0.05) is 28.3 Å². The lowest BCUT2D eigenvalue weighted by Crippen LogP contribution is -2.43. The minimum atomic E-state index is -0.327. The quantitative estimate of drug-likeness (QED) is 0.819. The van der Waals surface area contributed by atoms with Crippen molar-refractivity contribution in [3.05, 3.63) is 33.1 Å². The zero-order chi connectivity index (χ0) is 13.1. The molecule has 2 rings (SSSR count). The van der Waals surface area contributed by atoms with Crippen molar-refractivity contribution in [2.45, 2.75) is 18.9 Å². The average Bonchev–Trinajstić information content (AvgIpc) is 2.41. The number of likely N-dealkylation sites (tertiary alicyclic amines) is 1. The van der Waals surface area contributed by atoms with Gasteiger partial charge in [0.1, 0.15) is 5.82 Å². The summed E-state index contributed by atoms with van der Waals surface area (Å²) in [5, 5.41) is 3.22. The van der Waals surface area contributed by atoms with Gasteiger partial charge in [0.25, 0.3) is 5.91 Å². The molecule has 0 aliphatic carbocycles. The molecule has 3 nitrogen and oxygen atoms in total. The fraction of sp³-hybridized carbons (Fsp3) is 0.462. The van der Waals surface area contributed by atoms with Crippen molar-refractivity contribution in [1.29, 1.82) is 0 Å². The van der Waals surface area contributed by atoms with Gasteiger partial charge in [-0.15, -0.1) is 0 Å². The third kappa shape index (κ3) is 3.00. The van der Waals surface area contributed by atoms with Crippen LogP contribution < -0.4 is 5.32 Å². The molecule has 0 bridgehead atoms. The first-order valence-corrected chi connectivity index (χ1v) is 7.11. The lowest BCUT2D eigenvalue weighted by Gasteiger charge is -2.31. The Kier molecular flexibility index (Phi) is 4.55. The molecule has 0 saturated carbocycles. The molecule has 1 saturated heterocycles. The Morgan fingerprint density at radius 2 is 2.11 bits per heavy atom. The van der Waals surface area contributed by atoms with Gasteiger partial charge in [-0.05, 0) is 60.7 Å². The Labute approximate surface area is 120 Å². The van der Waals surface area contributed by atoms with E-state index in [0.29, 0.717) is 15.2 Å². The molecule has 1 fully saturated rings. The maximum atomic E-state index is 13.4. The molecule has 0 spiro atoms. The maximum Gasteiger partial charge on any atom is 0.253 e. The molecular weight excluding hydrogens is 346 g/mol. The average molecular weight is 362 g/mol. The predicted molar refractivity (Wildman–Crippen MR) is 77.1 cm³/mol. The molecular formula is C13H16FIN2O. The number of hydrogen-bond donors (Lipinski definition) is 1. The van der Waals surface area contributed by atoms with E-state index in [9.17, 15) is 9.18 Å². The molecule has 1 amide bonds. The molecule has 1 aliphatic heterocycles. The highest BCUT2D eigenvalue weighted by atomic mass is 127. The normalized spacial score (nSPS) is 16.9. The summed E-state index contributed by atoms with van der Waals surface area (Å²) in [6.45, 7) is 1.47. The SMILES string of the molecule is CNC1CCN(C(=O)c2ccc(I)c(F)c2)CC1. The summed E-state index contributed by atoms with van der Waals surface area (Å²) in [7, 11) is 1.94. The lowest BCUT2D eigenvalue weighted by atomic mass is 10.0. The van der Waals surface area contributed by atoms with Gasteiger partial charge in [0.05, 0.1) is 0 Å². The van der Waals surface area contributed by atoms with Crippen LogP contribution in [0.1, 0.15) is 23.2 Å². The molecule has 5 heteroatoms. The fourth-order valence-corrected chi connectivity index (χ4v) is 2.52. The first-order valence-electron chi connectivity index (χ1n) is 6.03. The minimum Gasteiger partial charge on any atom is -0.339 e. The number of carbonyl (C=O) groups is 1. The largest absolute Gasteiger partial charge is 0.339 e. The van der Waals surface area contributed by atoms with E-state index in [4.69, 9.17) is 0 Å². The summed E-state index contributed by atoms with van der Waals surface area (Å²) in [6, 6.07) is 5.15. The Morgan fingerprint density at radius 3 is 2.67 bits per heavy atom. The maximum absolute atomic E-state index is 13.4. The summed E-state index contributed by atoms with van der Waals surface area (Å²) in [5.41, 5.74) is 0.441. The predicted octanol–water partition coefficient (Wildman–Crippen LogP) is 2.25. The van der Waals surface area contributed by atoms with Crippen molar-refractivity contribution < 1.29 is 9.18 Å². The van der Waals surface area contributed by atoms with E-state index in [0.717, 1.165) is 25.9 Å². The van der Waals surface area contributed by atoms with Crippen molar-refractivity contribution >= 4 is 28.5 Å². The molecule has 18 heavy (non-hydrogen) atoms. The molecule has 98 valence electrons. The molecule has 0 aromatic heterocycles. The highest BCUT2D eigenvalue weighted by Crippen LogP contribution is 2.17. The highest BCUT2D eigenvalue weighted by Gasteiger charge is 2.23. The third-order valence-corrected chi connectivity index (χ3v) is 4.23. The number of piperidine rings is 1. The third-order valence-electron chi connectivity index (χ3n) is 3.36. The Morgan fingerprint density at radius 1 is 1.44 bits per heavy atom. The number of nitrogens with zero attached hydrogens (tertiary/aromatic N) is 1. The van der Waals surface area contributed by atoms with Crippen molar-refractivity contribution in [2.24, 2.45) is 0 Å². The summed E-state index contributed by atoms with van der Waals surface area (Å²) < 4.78 is 14.0. The van der Waals surface area contributed by atoms with Crippen molar-refractivity contribution in [2.75, 3.05) is 20.1 Å². The smallest absolute Gasteiger partial charge is 0.253 e. The van der Waals surface area contributed by atoms with Crippen LogP contribution in [0.15, 0.2) is 18.2 Å². The Bertz CT molecular complexity index is 445. The lowest BCUT2D eigenvalue weighted by molar-refractivity contribution is 0.0707. The number of carbonyl (C=O) groups excluding carboxylic acids is 1. The number of hydrogen-bond acceptors (Lipinski definition) is 2. The fourth-order valence-electron chi connectivity index (χ4n) is 2.18. The Balaban J connectivity index is 2.05. The first kappa shape index (κ1) is 13.7. The number of rotatable bonds is 2. The highest BCUT2D eigenvalue weighted by molar-refractivity contribution is 14.1. The van der Waals surface area contributed by atoms with Crippen LogP contribution in [0.5, 0.6) is 0 Å². The Hall–Kier alpha value is -0.690. The second-order valence-electron chi connectivity index (χ2n) is 4.48. The van der Waals surface area contributed by atoms with E-state index in [1.807, 2.05) is 29.6 Å². The molecule has 1 aromatic carbocycles. The summed E-state index contributed by atoms with van der Waals surface area (Å²) in [4.78, 5) is 14.0. The molecule has 0 atom stereocenters. The van der Waals surface area contributed by atoms with Crippen molar-refractivity contribution in [1.82, 2.24) is 10.2 Å². The van der Waals surface area contributed by atoms with E-state index >= 15 is 0 Å². The van der Waals surface area contributed by atoms with Gasteiger partial charge in [0.15, 0.2) is 0 Å². The summed E-state index contributed by atoms with van der Waals surface area (Å²) in [5.74, 6) is -0.397. The van der Waals surface area contributed by atoms with E-state index in [1.165, 1.54) is 6.07 Å². The molecule has 1 N–H and O–H groups in total. The standard InChI is InChI=1S/C13H16FIN2O/c1-16-10-4-6-17(7-5-10)13(18)9-2-3-12(15)11(14)8-9/h2-3,8,10,16H,4-7H2,1H3. The zero-order valence-corrected chi connectivity index (χ0v) is 12.4. The summed E-state index contributed by atoms with van der Waals surface area (Å²) in [6.07, 6.45) is 1.91. The van der Waals surface area contributed by atoms with Crippen LogP contribution in [-0.2, 0) is 0 Å². The van der Waals surface area contributed by atoms with E-state index in [1.54, 1.807) is 17.0 Å². The summed E-state index contributed by atoms with van der Waals surface area (Å²) >= 11 is 1.92. The monoisotopic (exact) mass is 362 g/mol. The van der Waals surface area contributed by atoms with Gasteiger partial charge in [-0.2, -0.15) is 0 Å². The topological polar surface area (TPSA) is 32.3 Å². The van der Waals surface area contributed by atoms with Crippen LogP contribution >= 0.6 is 22.6 Å². The van der Waals surface area contributed by atoms with Crippen LogP contribution in [0, 0.1) is 9.39 Å². The molecule has 0 unspecified atom stereocenters. The molecule has 1 heterocycles. The van der Waals surface area contributed by atoms with Crippen molar-refractivity contribution in [3.63, 3.8) is 0 Å². The van der Waals surface area contributed by atoms with Gasteiger partial charge in [0.2, 0.25) is 0 Å². The number of nitrogens with one attached hydrogen (secondary N) is 1. The van der Waals surface area contributed by atoms with Gasteiger partial charge in [-0.3, -0.25) is 4.79 Å². The van der Waals surface area contributed by atoms with Crippen molar-refractivity contribution in [3.8, 4) is 0 Å². The van der Waals surface area contributed by atoms with E-state index < -0.39 is 0 Å². The van der Waals surface area contributed by atoms with Gasteiger partial charge in [-0.1, -0.05) is 0 Å². The molecule has 1 aliphatic rings. The number of benzene rings is 1.